The minimum Gasteiger partial charge on any atom is -0.323 e. The van der Waals surface area contributed by atoms with E-state index in [9.17, 15) is 0 Å². The summed E-state index contributed by atoms with van der Waals surface area (Å²) in [5.74, 6) is 0.818. The fourth-order valence-corrected chi connectivity index (χ4v) is 10.4. The maximum Gasteiger partial charge on any atom is 0.0809 e. The van der Waals surface area contributed by atoms with E-state index >= 15 is 0 Å². The smallest absolute Gasteiger partial charge is 0.0809 e. The first-order valence-corrected chi connectivity index (χ1v) is 28.9. The Hall–Kier alpha value is -0.0400. The van der Waals surface area contributed by atoms with Gasteiger partial charge in [-0.1, -0.05) is 304 Å². The van der Waals surface area contributed by atoms with Crippen LogP contribution in [0.2, 0.25) is 0 Å². The Kier molecular flexibility index (Phi) is 50.6. The number of rotatable bonds is 53. The Balaban J connectivity index is 4.41. The van der Waals surface area contributed by atoms with Gasteiger partial charge in [-0.15, -0.1) is 0 Å². The van der Waals surface area contributed by atoms with Gasteiger partial charge in [-0.25, -0.2) is 0 Å². The Bertz CT molecular complexity index is 639. The van der Waals surface area contributed by atoms with Gasteiger partial charge in [0.1, 0.15) is 0 Å². The van der Waals surface area contributed by atoms with Crippen LogP contribution in [0.4, 0.5) is 0 Å². The third-order valence-electron chi connectivity index (χ3n) is 14.2. The molecule has 0 N–H and O–H groups in total. The van der Waals surface area contributed by atoms with Gasteiger partial charge in [0.2, 0.25) is 0 Å². The molecule has 0 saturated carbocycles. The summed E-state index contributed by atoms with van der Waals surface area (Å²) in [7, 11) is 0. The number of unbranched alkanes of at least 4 members (excludes halogenated alkanes) is 45. The van der Waals surface area contributed by atoms with Crippen molar-refractivity contribution in [1.29, 1.82) is 0 Å². The van der Waals surface area contributed by atoms with Crippen LogP contribution in [-0.4, -0.2) is 30.7 Å². The summed E-state index contributed by atoms with van der Waals surface area (Å²) < 4.78 is 1.45. The molecule has 0 radical (unpaired) electrons. The van der Waals surface area contributed by atoms with Crippen LogP contribution in [0.25, 0.3) is 0 Å². The van der Waals surface area contributed by atoms with Crippen molar-refractivity contribution in [2.45, 2.75) is 343 Å². The van der Waals surface area contributed by atoms with E-state index in [0.717, 1.165) is 5.92 Å². The summed E-state index contributed by atoms with van der Waals surface area (Å²) in [6.45, 7) is 17.8. The van der Waals surface area contributed by atoms with Crippen molar-refractivity contribution in [3.05, 3.63) is 0 Å². The molecule has 0 aromatic heterocycles. The summed E-state index contributed by atoms with van der Waals surface area (Å²) in [5.41, 5.74) is 0. The third-order valence-corrected chi connectivity index (χ3v) is 14.2. The quantitative estimate of drug-likeness (QED) is 0.0423. The highest BCUT2D eigenvalue weighted by molar-refractivity contribution is 4.57. The lowest BCUT2D eigenvalue weighted by Gasteiger charge is -2.41. The van der Waals surface area contributed by atoms with Crippen molar-refractivity contribution in [3.8, 4) is 0 Å². The lowest BCUT2D eigenvalue weighted by atomic mass is 10.0. The normalized spacial score (nSPS) is 12.1. The van der Waals surface area contributed by atoms with E-state index in [0.29, 0.717) is 0 Å². The van der Waals surface area contributed by atoms with Gasteiger partial charge in [0.15, 0.2) is 0 Å². The van der Waals surface area contributed by atoms with Gasteiger partial charge in [0.25, 0.3) is 0 Å². The summed E-state index contributed by atoms with van der Waals surface area (Å²) in [6, 6.07) is 0. The molecule has 1 heteroatoms. The highest BCUT2D eigenvalue weighted by Gasteiger charge is 2.27. The van der Waals surface area contributed by atoms with Gasteiger partial charge in [-0.3, -0.25) is 0 Å². The van der Waals surface area contributed by atoms with Crippen molar-refractivity contribution in [2.75, 3.05) is 26.2 Å². The van der Waals surface area contributed by atoms with E-state index in [4.69, 9.17) is 0 Å². The molecule has 0 aromatic carbocycles. The summed E-state index contributed by atoms with van der Waals surface area (Å²) in [6.07, 6.45) is 70.7. The predicted molar refractivity (Wildman–Crippen MR) is 273 cm³/mol. The third kappa shape index (κ3) is 47.3. The topological polar surface area (TPSA) is 0 Å². The standard InChI is InChI=1S/C58H120N/c1-6-9-12-15-18-21-24-27-30-33-36-39-42-45-48-51-54-59(57-58(4)5,55-52-49-46-43-40-37-34-31-28-25-22-19-16-13-10-7-2)56-53-50-47-44-41-38-35-32-29-26-23-20-17-14-11-8-3/h58H,6-57H2,1-5H3/q+1. The van der Waals surface area contributed by atoms with Crippen LogP contribution in [0.5, 0.6) is 0 Å². The minimum absolute atomic E-state index is 0.818. The zero-order valence-electron chi connectivity index (χ0n) is 42.8. The van der Waals surface area contributed by atoms with Crippen LogP contribution in [0.15, 0.2) is 0 Å². The largest absolute Gasteiger partial charge is 0.323 e. The number of hydrogen-bond donors (Lipinski definition) is 0. The fourth-order valence-electron chi connectivity index (χ4n) is 10.4. The van der Waals surface area contributed by atoms with Crippen LogP contribution >= 0.6 is 0 Å². The van der Waals surface area contributed by atoms with E-state index in [1.165, 1.54) is 339 Å². The minimum atomic E-state index is 0.818. The average Bonchev–Trinajstić information content (AvgIpc) is 3.23. The zero-order chi connectivity index (χ0) is 42.8. The van der Waals surface area contributed by atoms with E-state index in [2.05, 4.69) is 34.6 Å². The van der Waals surface area contributed by atoms with Gasteiger partial charge in [-0.05, 0) is 38.5 Å². The summed E-state index contributed by atoms with van der Waals surface area (Å²) >= 11 is 0. The number of hydrogen-bond acceptors (Lipinski definition) is 0. The van der Waals surface area contributed by atoms with Crippen molar-refractivity contribution in [2.24, 2.45) is 5.92 Å². The SMILES string of the molecule is CCCCCCCCCCCCCCCCCC[N+](CCCCCCCCCCCCCCCCCC)(CCCCCCCCCCCCCCCCCC)CC(C)C. The molecule has 0 aromatic rings. The van der Waals surface area contributed by atoms with Crippen LogP contribution in [0, 0.1) is 5.92 Å². The van der Waals surface area contributed by atoms with Crippen molar-refractivity contribution in [1.82, 2.24) is 0 Å². The van der Waals surface area contributed by atoms with Gasteiger partial charge >= 0.3 is 0 Å². The monoisotopic (exact) mass is 831 g/mol. The highest BCUT2D eigenvalue weighted by atomic mass is 15.3. The molecule has 0 heterocycles. The molecular formula is C58H120N+. The fraction of sp³-hybridized carbons (Fsp3) is 1.00. The molecule has 0 fully saturated rings. The van der Waals surface area contributed by atoms with Gasteiger partial charge < -0.3 is 4.48 Å². The van der Waals surface area contributed by atoms with Crippen molar-refractivity contribution in [3.63, 3.8) is 0 Å². The number of quaternary nitrogens is 1. The molecule has 356 valence electrons. The Morgan fingerprint density at radius 3 is 0.475 bits per heavy atom. The molecule has 0 unspecified atom stereocenters. The maximum atomic E-state index is 2.52. The maximum absolute atomic E-state index is 2.52. The molecule has 59 heavy (non-hydrogen) atoms. The van der Waals surface area contributed by atoms with Gasteiger partial charge in [0.05, 0.1) is 26.2 Å². The number of nitrogens with zero attached hydrogens (tertiary/aromatic N) is 1. The van der Waals surface area contributed by atoms with Crippen LogP contribution in [0.3, 0.4) is 0 Å². The molecule has 0 aliphatic carbocycles. The van der Waals surface area contributed by atoms with E-state index in [1.807, 2.05) is 0 Å². The molecule has 0 aliphatic heterocycles. The molecule has 0 atom stereocenters. The van der Waals surface area contributed by atoms with Gasteiger partial charge in [-0.2, -0.15) is 0 Å². The second-order valence-electron chi connectivity index (χ2n) is 21.0. The first-order chi connectivity index (χ1) is 29.1. The molecule has 1 nitrogen and oxygen atoms in total. The van der Waals surface area contributed by atoms with E-state index in [1.54, 1.807) is 0 Å². The van der Waals surface area contributed by atoms with E-state index in [-0.39, 0.29) is 0 Å². The van der Waals surface area contributed by atoms with Crippen LogP contribution in [-0.2, 0) is 0 Å². The van der Waals surface area contributed by atoms with Crippen LogP contribution in [0.1, 0.15) is 343 Å². The summed E-state index contributed by atoms with van der Waals surface area (Å²) in [4.78, 5) is 0. The Morgan fingerprint density at radius 2 is 0.339 bits per heavy atom. The first-order valence-electron chi connectivity index (χ1n) is 28.9. The van der Waals surface area contributed by atoms with E-state index < -0.39 is 0 Å². The molecule has 0 amide bonds. The van der Waals surface area contributed by atoms with Crippen molar-refractivity contribution >= 4 is 0 Å². The van der Waals surface area contributed by atoms with Crippen molar-refractivity contribution < 1.29 is 4.48 Å². The average molecular weight is 832 g/mol. The zero-order valence-corrected chi connectivity index (χ0v) is 42.8. The second-order valence-corrected chi connectivity index (χ2v) is 21.0. The lowest BCUT2D eigenvalue weighted by Crippen LogP contribution is -2.52. The first kappa shape index (κ1) is 59.0. The second kappa shape index (κ2) is 50.6. The molecular weight excluding hydrogens is 711 g/mol. The molecule has 0 bridgehead atoms. The molecule has 0 aliphatic rings. The molecule has 0 spiro atoms. The Morgan fingerprint density at radius 1 is 0.203 bits per heavy atom. The lowest BCUT2D eigenvalue weighted by molar-refractivity contribution is -0.931. The highest BCUT2D eigenvalue weighted by Crippen LogP contribution is 2.22. The molecule has 0 saturated heterocycles. The molecule has 0 rings (SSSR count). The Labute approximate surface area is 378 Å². The van der Waals surface area contributed by atoms with Gasteiger partial charge in [0, 0.05) is 5.92 Å². The predicted octanol–water partition coefficient (Wildman–Crippen LogP) is 21.2. The summed E-state index contributed by atoms with van der Waals surface area (Å²) in [5, 5.41) is 0. The van der Waals surface area contributed by atoms with Crippen LogP contribution < -0.4 is 0 Å².